The van der Waals surface area contributed by atoms with Gasteiger partial charge in [-0.3, -0.25) is 0 Å². The zero-order chi connectivity index (χ0) is 20.5. The number of aryl methyl sites for hydroxylation is 1. The van der Waals surface area contributed by atoms with Gasteiger partial charge in [0.1, 0.15) is 0 Å². The molecule has 0 aliphatic carbocycles. The van der Waals surface area contributed by atoms with Crippen molar-refractivity contribution in [3.63, 3.8) is 0 Å². The Kier molecular flexibility index (Phi) is 5.19. The standard InChI is InChI=1S/C23H18Cl2N4/c1-15-9-18(16(2)29(15)19-7-8-20(24)21(25)11-19)10-17(12-26)13-28-14-27-22-5-3-4-6-23(22)28/h3-11,14H,13H2,1-2H3/b17-10-. The number of allylic oxidation sites excluding steroid dienone is 1. The summed E-state index contributed by atoms with van der Waals surface area (Å²) in [5.41, 5.74) is 6.60. The van der Waals surface area contributed by atoms with Gasteiger partial charge < -0.3 is 9.13 Å². The van der Waals surface area contributed by atoms with Crippen molar-refractivity contribution in [2.24, 2.45) is 0 Å². The highest BCUT2D eigenvalue weighted by atomic mass is 35.5. The van der Waals surface area contributed by atoms with Gasteiger partial charge in [0.2, 0.25) is 0 Å². The monoisotopic (exact) mass is 420 g/mol. The van der Waals surface area contributed by atoms with Gasteiger partial charge in [-0.05, 0) is 61.9 Å². The van der Waals surface area contributed by atoms with Gasteiger partial charge in [0.15, 0.2) is 0 Å². The molecule has 2 heterocycles. The third-order valence-corrected chi connectivity index (χ3v) is 5.71. The first kappa shape index (κ1) is 19.3. The van der Waals surface area contributed by atoms with Gasteiger partial charge in [-0.1, -0.05) is 35.3 Å². The van der Waals surface area contributed by atoms with Crippen LogP contribution in [0.3, 0.4) is 0 Å². The maximum Gasteiger partial charge on any atom is 0.0966 e. The van der Waals surface area contributed by atoms with Crippen LogP contribution in [0.4, 0.5) is 0 Å². The van der Waals surface area contributed by atoms with Crippen molar-refractivity contribution < 1.29 is 0 Å². The van der Waals surface area contributed by atoms with Crippen molar-refractivity contribution in [1.29, 1.82) is 5.26 Å². The minimum atomic E-state index is 0.466. The van der Waals surface area contributed by atoms with Crippen LogP contribution < -0.4 is 0 Å². The average molecular weight is 421 g/mol. The first-order valence-corrected chi connectivity index (χ1v) is 9.88. The second-order valence-electron chi connectivity index (χ2n) is 6.90. The van der Waals surface area contributed by atoms with Gasteiger partial charge in [0.05, 0.1) is 40.0 Å². The van der Waals surface area contributed by atoms with E-state index in [2.05, 4.69) is 21.7 Å². The van der Waals surface area contributed by atoms with Crippen molar-refractivity contribution in [2.75, 3.05) is 0 Å². The topological polar surface area (TPSA) is 46.5 Å². The van der Waals surface area contributed by atoms with E-state index in [1.165, 1.54) is 0 Å². The quantitative estimate of drug-likeness (QED) is 0.360. The van der Waals surface area contributed by atoms with Crippen molar-refractivity contribution in [1.82, 2.24) is 14.1 Å². The van der Waals surface area contributed by atoms with E-state index in [1.54, 1.807) is 12.4 Å². The molecule has 4 rings (SSSR count). The smallest absolute Gasteiger partial charge is 0.0966 e. The number of para-hydroxylation sites is 2. The summed E-state index contributed by atoms with van der Waals surface area (Å²) in [6, 6.07) is 17.9. The van der Waals surface area contributed by atoms with E-state index in [9.17, 15) is 5.26 Å². The van der Waals surface area contributed by atoms with Gasteiger partial charge >= 0.3 is 0 Å². The molecule has 0 aliphatic heterocycles. The molecule has 0 spiro atoms. The maximum atomic E-state index is 9.72. The third kappa shape index (κ3) is 3.67. The number of rotatable bonds is 4. The lowest BCUT2D eigenvalue weighted by Gasteiger charge is -2.11. The lowest BCUT2D eigenvalue weighted by molar-refractivity contribution is 0.830. The van der Waals surface area contributed by atoms with E-state index in [0.29, 0.717) is 22.2 Å². The Balaban J connectivity index is 1.71. The van der Waals surface area contributed by atoms with Crippen molar-refractivity contribution in [3.05, 3.63) is 87.4 Å². The highest BCUT2D eigenvalue weighted by molar-refractivity contribution is 6.42. The Bertz CT molecular complexity index is 1290. The van der Waals surface area contributed by atoms with E-state index in [0.717, 1.165) is 33.7 Å². The van der Waals surface area contributed by atoms with Crippen LogP contribution in [0.5, 0.6) is 0 Å². The molecule has 0 bridgehead atoms. The summed E-state index contributed by atoms with van der Waals surface area (Å²) in [6.07, 6.45) is 3.71. The van der Waals surface area contributed by atoms with E-state index < -0.39 is 0 Å². The number of hydrogen-bond acceptors (Lipinski definition) is 2. The zero-order valence-electron chi connectivity index (χ0n) is 16.0. The number of aromatic nitrogens is 3. The minimum Gasteiger partial charge on any atom is -0.325 e. The van der Waals surface area contributed by atoms with Crippen LogP contribution in [0.15, 0.2) is 60.4 Å². The number of halogens is 2. The first-order valence-electron chi connectivity index (χ1n) is 9.13. The number of hydrogen-bond donors (Lipinski definition) is 0. The fourth-order valence-electron chi connectivity index (χ4n) is 3.58. The fraction of sp³-hybridized carbons (Fsp3) is 0.130. The normalized spacial score (nSPS) is 11.8. The molecule has 2 aromatic carbocycles. The second kappa shape index (κ2) is 7.79. The van der Waals surface area contributed by atoms with E-state index >= 15 is 0 Å². The van der Waals surface area contributed by atoms with Crippen LogP contribution in [0.1, 0.15) is 17.0 Å². The van der Waals surface area contributed by atoms with Gasteiger partial charge in [0.25, 0.3) is 0 Å². The van der Waals surface area contributed by atoms with Crippen LogP contribution >= 0.6 is 23.2 Å². The van der Waals surface area contributed by atoms with Crippen molar-refractivity contribution >= 4 is 40.3 Å². The lowest BCUT2D eigenvalue weighted by Crippen LogP contribution is -2.00. The summed E-state index contributed by atoms with van der Waals surface area (Å²) >= 11 is 12.3. The summed E-state index contributed by atoms with van der Waals surface area (Å²) in [5.74, 6) is 0. The van der Waals surface area contributed by atoms with Crippen LogP contribution in [0, 0.1) is 25.2 Å². The lowest BCUT2D eigenvalue weighted by atomic mass is 10.1. The molecule has 0 atom stereocenters. The number of nitriles is 1. The number of benzene rings is 2. The summed E-state index contributed by atoms with van der Waals surface area (Å²) in [5, 5.41) is 10.8. The fourth-order valence-corrected chi connectivity index (χ4v) is 3.87. The van der Waals surface area contributed by atoms with Crippen molar-refractivity contribution in [3.8, 4) is 11.8 Å². The van der Waals surface area contributed by atoms with Gasteiger partial charge in [-0.25, -0.2) is 4.98 Å². The van der Waals surface area contributed by atoms with Gasteiger partial charge in [0, 0.05) is 22.6 Å². The molecule has 4 aromatic rings. The molecule has 0 radical (unpaired) electrons. The molecule has 2 aromatic heterocycles. The molecule has 0 saturated carbocycles. The van der Waals surface area contributed by atoms with E-state index in [4.69, 9.17) is 23.2 Å². The van der Waals surface area contributed by atoms with Crippen molar-refractivity contribution in [2.45, 2.75) is 20.4 Å². The first-order chi connectivity index (χ1) is 14.0. The van der Waals surface area contributed by atoms with E-state index in [1.807, 2.05) is 60.9 Å². The predicted molar refractivity (Wildman–Crippen MR) is 119 cm³/mol. The summed E-state index contributed by atoms with van der Waals surface area (Å²) < 4.78 is 4.10. The van der Waals surface area contributed by atoms with Crippen LogP contribution in [0.25, 0.3) is 22.8 Å². The van der Waals surface area contributed by atoms with Crippen LogP contribution in [-0.4, -0.2) is 14.1 Å². The highest BCUT2D eigenvalue weighted by Gasteiger charge is 2.12. The second-order valence-corrected chi connectivity index (χ2v) is 7.72. The van der Waals surface area contributed by atoms with E-state index in [-0.39, 0.29) is 0 Å². The Hall–Kier alpha value is -3.00. The predicted octanol–water partition coefficient (Wildman–Crippen LogP) is 6.36. The third-order valence-electron chi connectivity index (χ3n) is 4.97. The molecule has 0 N–H and O–H groups in total. The Morgan fingerprint density at radius 1 is 1.10 bits per heavy atom. The molecular weight excluding hydrogens is 403 g/mol. The summed E-state index contributed by atoms with van der Waals surface area (Å²) in [7, 11) is 0. The molecule has 144 valence electrons. The molecule has 6 heteroatoms. The Labute approximate surface area is 179 Å². The molecule has 29 heavy (non-hydrogen) atoms. The van der Waals surface area contributed by atoms with Crippen LogP contribution in [0.2, 0.25) is 10.0 Å². The largest absolute Gasteiger partial charge is 0.325 e. The number of fused-ring (bicyclic) bond motifs is 1. The molecule has 0 aliphatic rings. The molecule has 0 unspecified atom stereocenters. The summed E-state index contributed by atoms with van der Waals surface area (Å²) in [6.45, 7) is 4.53. The SMILES string of the molecule is Cc1cc(/C=C(/C#N)Cn2cnc3ccccc32)c(C)n1-c1ccc(Cl)c(Cl)c1. The molecule has 4 nitrogen and oxygen atoms in total. The molecule has 0 amide bonds. The summed E-state index contributed by atoms with van der Waals surface area (Å²) in [4.78, 5) is 4.40. The molecular formula is C23H18Cl2N4. The maximum absolute atomic E-state index is 9.72. The minimum absolute atomic E-state index is 0.466. The number of nitrogens with zero attached hydrogens (tertiary/aromatic N) is 4. The van der Waals surface area contributed by atoms with Gasteiger partial charge in [-0.15, -0.1) is 0 Å². The van der Waals surface area contributed by atoms with Crippen LogP contribution in [-0.2, 0) is 6.54 Å². The average Bonchev–Trinajstić information content (AvgIpc) is 3.24. The molecule has 0 saturated heterocycles. The number of imidazole rings is 1. The highest BCUT2D eigenvalue weighted by Crippen LogP contribution is 2.28. The Morgan fingerprint density at radius 2 is 1.90 bits per heavy atom. The zero-order valence-corrected chi connectivity index (χ0v) is 17.5. The Morgan fingerprint density at radius 3 is 2.66 bits per heavy atom. The molecule has 0 fully saturated rings. The van der Waals surface area contributed by atoms with Gasteiger partial charge in [-0.2, -0.15) is 5.26 Å².